The van der Waals surface area contributed by atoms with Crippen molar-refractivity contribution >= 4 is 10.0 Å². The first kappa shape index (κ1) is 20.4. The Morgan fingerprint density at radius 1 is 1.27 bits per heavy atom. The molecule has 0 aromatic carbocycles. The van der Waals surface area contributed by atoms with Crippen molar-refractivity contribution in [3.63, 3.8) is 0 Å². The Morgan fingerprint density at radius 3 is 2.46 bits per heavy atom. The molecule has 0 aliphatic carbocycles. The van der Waals surface area contributed by atoms with E-state index in [-0.39, 0.29) is 17.5 Å². The van der Waals surface area contributed by atoms with Crippen molar-refractivity contribution in [3.05, 3.63) is 29.8 Å². The highest BCUT2D eigenvalue weighted by Crippen LogP contribution is 2.28. The highest BCUT2D eigenvalue weighted by atomic mass is 32.2. The third kappa shape index (κ3) is 4.64. The second-order valence-corrected chi connectivity index (χ2v) is 7.60. The van der Waals surface area contributed by atoms with Gasteiger partial charge in [-0.15, -0.1) is 0 Å². The summed E-state index contributed by atoms with van der Waals surface area (Å²) in [5, 5.41) is 7.66. The Bertz CT molecular complexity index is 842. The quantitative estimate of drug-likeness (QED) is 0.748. The van der Waals surface area contributed by atoms with Gasteiger partial charge in [-0.3, -0.25) is 9.36 Å². The molecule has 0 saturated carbocycles. The zero-order valence-corrected chi connectivity index (χ0v) is 15.6. The van der Waals surface area contributed by atoms with Crippen LogP contribution in [-0.2, 0) is 22.7 Å². The Kier molecular flexibility index (Phi) is 6.12. The van der Waals surface area contributed by atoms with E-state index >= 15 is 0 Å². The Morgan fingerprint density at radius 2 is 1.96 bits per heavy atom. The molecule has 0 bridgehead atoms. The first-order valence-electron chi connectivity index (χ1n) is 8.24. The zero-order valence-electron chi connectivity index (χ0n) is 14.8. The molecule has 0 amide bonds. The largest absolute Gasteiger partial charge is 0.435 e. The number of rotatable bonds is 8. The fourth-order valence-electron chi connectivity index (χ4n) is 2.58. The molecule has 0 unspecified atom stereocenters. The lowest BCUT2D eigenvalue weighted by Gasteiger charge is -2.16. The summed E-state index contributed by atoms with van der Waals surface area (Å²) in [5.74, 6) is 0. The summed E-state index contributed by atoms with van der Waals surface area (Å²) in [6.07, 6.45) is -0.940. The van der Waals surface area contributed by atoms with Gasteiger partial charge in [0.05, 0.1) is 11.7 Å². The molecule has 0 saturated heterocycles. The van der Waals surface area contributed by atoms with Gasteiger partial charge in [-0.1, -0.05) is 6.92 Å². The summed E-state index contributed by atoms with van der Waals surface area (Å²) in [6.45, 7) is 5.90. The van der Waals surface area contributed by atoms with Crippen molar-refractivity contribution in [2.75, 3.05) is 6.54 Å². The van der Waals surface area contributed by atoms with Gasteiger partial charge in [0, 0.05) is 25.5 Å². The average molecular weight is 393 g/mol. The van der Waals surface area contributed by atoms with E-state index in [1.807, 2.05) is 13.8 Å². The van der Waals surface area contributed by atoms with Gasteiger partial charge in [0.25, 0.3) is 0 Å². The van der Waals surface area contributed by atoms with Gasteiger partial charge in [-0.2, -0.15) is 23.4 Å². The summed E-state index contributed by atoms with van der Waals surface area (Å²) in [6, 6.07) is 0.572. The van der Waals surface area contributed by atoms with Crippen LogP contribution < -0.4 is 4.72 Å². The second kappa shape index (κ2) is 7.78. The van der Waals surface area contributed by atoms with Crippen LogP contribution in [0, 0.1) is 6.92 Å². The van der Waals surface area contributed by atoms with Crippen molar-refractivity contribution < 1.29 is 21.6 Å². The maximum Gasteiger partial charge on any atom is 0.435 e. The van der Waals surface area contributed by atoms with E-state index in [0.717, 1.165) is 6.07 Å². The molecular weight excluding hydrogens is 371 g/mol. The minimum absolute atomic E-state index is 0.0821. The summed E-state index contributed by atoms with van der Waals surface area (Å²) in [7, 11) is -3.73. The van der Waals surface area contributed by atoms with Gasteiger partial charge < -0.3 is 0 Å². The molecule has 11 heteroatoms. The van der Waals surface area contributed by atoms with E-state index in [2.05, 4.69) is 14.9 Å². The molecule has 0 aliphatic rings. The molecule has 146 valence electrons. The van der Waals surface area contributed by atoms with Gasteiger partial charge >= 0.3 is 6.18 Å². The Balaban J connectivity index is 2.02. The van der Waals surface area contributed by atoms with Crippen molar-refractivity contribution in [2.45, 2.75) is 57.3 Å². The molecule has 0 radical (unpaired) electrons. The Labute approximate surface area is 150 Å². The van der Waals surface area contributed by atoms with Crippen LogP contribution in [0.5, 0.6) is 0 Å². The Hall–Kier alpha value is -1.88. The lowest BCUT2D eigenvalue weighted by Crippen LogP contribution is -2.27. The summed E-state index contributed by atoms with van der Waals surface area (Å²) < 4.78 is 68.0. The van der Waals surface area contributed by atoms with Gasteiger partial charge in [-0.05, 0) is 32.8 Å². The molecule has 2 aromatic rings. The highest BCUT2D eigenvalue weighted by molar-refractivity contribution is 7.89. The topological polar surface area (TPSA) is 81.8 Å². The molecular formula is C15H22F3N5O2S. The minimum atomic E-state index is -4.50. The molecule has 0 spiro atoms. The lowest BCUT2D eigenvalue weighted by molar-refractivity contribution is -0.141. The zero-order chi connectivity index (χ0) is 19.5. The standard InChI is InChI=1S/C15H22F3N5O2S/c1-4-12(23-9-7-14(21-23)15(16,17)18)6-8-19-26(24,25)13-10-22(5-2)20-11(13)3/h7,9-10,12,19H,4-6,8H2,1-3H3/t12-/m1/s1. The van der Waals surface area contributed by atoms with Crippen LogP contribution in [-0.4, -0.2) is 34.5 Å². The number of halogens is 3. The number of hydrogen-bond donors (Lipinski definition) is 1. The molecule has 1 N–H and O–H groups in total. The number of nitrogens with zero attached hydrogens (tertiary/aromatic N) is 4. The third-order valence-electron chi connectivity index (χ3n) is 4.03. The van der Waals surface area contributed by atoms with E-state index < -0.39 is 21.9 Å². The average Bonchev–Trinajstić information content (AvgIpc) is 3.18. The normalized spacial score (nSPS) is 13.9. The maximum absolute atomic E-state index is 12.7. The van der Waals surface area contributed by atoms with Crippen LogP contribution in [0.1, 0.15) is 44.1 Å². The molecule has 2 aromatic heterocycles. The van der Waals surface area contributed by atoms with Crippen LogP contribution >= 0.6 is 0 Å². The number of sulfonamides is 1. The minimum Gasteiger partial charge on any atom is -0.271 e. The van der Waals surface area contributed by atoms with Crippen molar-refractivity contribution in [2.24, 2.45) is 0 Å². The highest BCUT2D eigenvalue weighted by Gasteiger charge is 2.34. The van der Waals surface area contributed by atoms with Crippen LogP contribution in [0.2, 0.25) is 0 Å². The number of alkyl halides is 3. The summed E-state index contributed by atoms with van der Waals surface area (Å²) >= 11 is 0. The number of aryl methyl sites for hydroxylation is 2. The van der Waals surface area contributed by atoms with Crippen LogP contribution in [0.25, 0.3) is 0 Å². The van der Waals surface area contributed by atoms with Crippen LogP contribution in [0.3, 0.4) is 0 Å². The fraction of sp³-hybridized carbons (Fsp3) is 0.600. The molecule has 0 fully saturated rings. The van der Waals surface area contributed by atoms with Gasteiger partial charge in [0.15, 0.2) is 5.69 Å². The van der Waals surface area contributed by atoms with Gasteiger partial charge in [-0.25, -0.2) is 13.1 Å². The van der Waals surface area contributed by atoms with Crippen LogP contribution in [0.15, 0.2) is 23.4 Å². The molecule has 2 rings (SSSR count). The first-order valence-corrected chi connectivity index (χ1v) is 9.72. The van der Waals surface area contributed by atoms with Crippen LogP contribution in [0.4, 0.5) is 13.2 Å². The number of aromatic nitrogens is 4. The monoisotopic (exact) mass is 393 g/mol. The van der Waals surface area contributed by atoms with E-state index in [0.29, 0.717) is 25.1 Å². The fourth-order valence-corrected chi connectivity index (χ4v) is 3.81. The molecule has 7 nitrogen and oxygen atoms in total. The van der Waals surface area contributed by atoms with Crippen molar-refractivity contribution in [1.82, 2.24) is 24.3 Å². The summed E-state index contributed by atoms with van der Waals surface area (Å²) in [5.41, 5.74) is -0.563. The predicted molar refractivity (Wildman–Crippen MR) is 89.0 cm³/mol. The summed E-state index contributed by atoms with van der Waals surface area (Å²) in [4.78, 5) is 0.103. The lowest BCUT2D eigenvalue weighted by atomic mass is 10.1. The first-order chi connectivity index (χ1) is 12.1. The van der Waals surface area contributed by atoms with E-state index in [9.17, 15) is 21.6 Å². The third-order valence-corrected chi connectivity index (χ3v) is 5.59. The molecule has 26 heavy (non-hydrogen) atoms. The van der Waals surface area contributed by atoms with Crippen molar-refractivity contribution in [1.29, 1.82) is 0 Å². The smallest absolute Gasteiger partial charge is 0.271 e. The van der Waals surface area contributed by atoms with E-state index in [1.165, 1.54) is 21.8 Å². The molecule has 0 aliphatic heterocycles. The van der Waals surface area contributed by atoms with E-state index in [1.54, 1.807) is 6.92 Å². The van der Waals surface area contributed by atoms with E-state index in [4.69, 9.17) is 0 Å². The molecule has 2 heterocycles. The van der Waals surface area contributed by atoms with Gasteiger partial charge in [0.1, 0.15) is 4.90 Å². The maximum atomic E-state index is 12.7. The van der Waals surface area contributed by atoms with Crippen molar-refractivity contribution in [3.8, 4) is 0 Å². The number of nitrogens with one attached hydrogen (secondary N) is 1. The number of hydrogen-bond acceptors (Lipinski definition) is 4. The molecule has 1 atom stereocenters. The van der Waals surface area contributed by atoms with Gasteiger partial charge in [0.2, 0.25) is 10.0 Å². The SMILES string of the molecule is CC[C@H](CCNS(=O)(=O)c1cn(CC)nc1C)n1ccc(C(F)(F)F)n1. The predicted octanol–water partition coefficient (Wildman–Crippen LogP) is 2.75. The second-order valence-electron chi connectivity index (χ2n) is 5.86.